The second-order valence-electron chi connectivity index (χ2n) is 6.53. The Labute approximate surface area is 159 Å². The van der Waals surface area contributed by atoms with E-state index >= 15 is 0 Å². The highest BCUT2D eigenvalue weighted by Crippen LogP contribution is 2.45. The van der Waals surface area contributed by atoms with E-state index in [1.54, 1.807) is 24.3 Å². The van der Waals surface area contributed by atoms with Crippen molar-refractivity contribution in [2.75, 3.05) is 18.0 Å². The van der Waals surface area contributed by atoms with Gasteiger partial charge in [-0.2, -0.15) is 0 Å². The molecule has 0 aliphatic carbocycles. The fourth-order valence-corrected chi connectivity index (χ4v) is 4.74. The highest BCUT2D eigenvalue weighted by atomic mass is 32.1. The number of aromatic carboxylic acids is 1. The topological polar surface area (TPSA) is 40.5 Å². The average Bonchev–Trinajstić information content (AvgIpc) is 3.30. The minimum absolute atomic E-state index is 0.172. The first-order valence-electron chi connectivity index (χ1n) is 8.71. The van der Waals surface area contributed by atoms with Crippen LogP contribution in [0.5, 0.6) is 0 Å². The lowest BCUT2D eigenvalue weighted by Gasteiger charge is -2.14. The SMILES string of the molecule is O=C(O)c1ccccc1-c1sc(N2CCCC2)cc1-c1cc(F)cc(F)c1. The lowest BCUT2D eigenvalue weighted by molar-refractivity contribution is 0.0698. The van der Waals surface area contributed by atoms with Crippen molar-refractivity contribution in [1.29, 1.82) is 0 Å². The van der Waals surface area contributed by atoms with Gasteiger partial charge in [-0.1, -0.05) is 18.2 Å². The third kappa shape index (κ3) is 3.45. The third-order valence-corrected chi connectivity index (χ3v) is 5.94. The Morgan fingerprint density at radius 2 is 1.63 bits per heavy atom. The monoisotopic (exact) mass is 385 g/mol. The van der Waals surface area contributed by atoms with Crippen LogP contribution in [0.15, 0.2) is 48.5 Å². The van der Waals surface area contributed by atoms with Crippen LogP contribution in [0.4, 0.5) is 13.8 Å². The molecule has 0 saturated carbocycles. The molecule has 1 aliphatic rings. The fraction of sp³-hybridized carbons (Fsp3) is 0.190. The number of rotatable bonds is 4. The van der Waals surface area contributed by atoms with Crippen molar-refractivity contribution in [1.82, 2.24) is 0 Å². The molecule has 27 heavy (non-hydrogen) atoms. The molecule has 1 N–H and O–H groups in total. The number of nitrogens with zero attached hydrogens (tertiary/aromatic N) is 1. The van der Waals surface area contributed by atoms with E-state index in [0.29, 0.717) is 21.6 Å². The van der Waals surface area contributed by atoms with Gasteiger partial charge in [0.15, 0.2) is 0 Å². The van der Waals surface area contributed by atoms with Gasteiger partial charge in [-0.3, -0.25) is 0 Å². The number of hydrogen-bond acceptors (Lipinski definition) is 3. The van der Waals surface area contributed by atoms with Crippen molar-refractivity contribution < 1.29 is 18.7 Å². The second kappa shape index (κ2) is 7.12. The Morgan fingerprint density at radius 1 is 0.963 bits per heavy atom. The normalized spacial score (nSPS) is 13.9. The van der Waals surface area contributed by atoms with Gasteiger partial charge in [0.2, 0.25) is 0 Å². The third-order valence-electron chi connectivity index (χ3n) is 4.71. The molecule has 1 saturated heterocycles. The number of benzene rings is 2. The van der Waals surface area contributed by atoms with Crippen LogP contribution in [-0.2, 0) is 0 Å². The molecule has 0 atom stereocenters. The number of anilines is 1. The molecule has 1 aromatic heterocycles. The standard InChI is InChI=1S/C21H17F2NO2S/c22-14-9-13(10-15(23)11-14)18-12-19(24-7-3-4-8-24)27-20(18)16-5-1-2-6-17(16)21(25)26/h1-2,5-6,9-12H,3-4,7-8H2,(H,25,26). The number of carboxylic acid groups (broad SMARTS) is 1. The smallest absolute Gasteiger partial charge is 0.336 e. The zero-order valence-electron chi connectivity index (χ0n) is 14.4. The van der Waals surface area contributed by atoms with E-state index in [-0.39, 0.29) is 5.56 Å². The minimum Gasteiger partial charge on any atom is -0.478 e. The molecule has 2 heterocycles. The first kappa shape index (κ1) is 17.7. The second-order valence-corrected chi connectivity index (χ2v) is 7.56. The molecule has 0 bridgehead atoms. The maximum absolute atomic E-state index is 13.8. The van der Waals surface area contributed by atoms with Crippen molar-refractivity contribution >= 4 is 22.3 Å². The maximum atomic E-state index is 13.8. The Kier molecular flexibility index (Phi) is 4.66. The van der Waals surface area contributed by atoms with Crippen molar-refractivity contribution in [2.45, 2.75) is 12.8 Å². The average molecular weight is 385 g/mol. The largest absolute Gasteiger partial charge is 0.478 e. The maximum Gasteiger partial charge on any atom is 0.336 e. The zero-order chi connectivity index (χ0) is 19.0. The van der Waals surface area contributed by atoms with Gasteiger partial charge in [0, 0.05) is 35.2 Å². The summed E-state index contributed by atoms with van der Waals surface area (Å²) in [4.78, 5) is 14.6. The summed E-state index contributed by atoms with van der Waals surface area (Å²) >= 11 is 1.47. The Balaban J connectivity index is 1.93. The first-order chi connectivity index (χ1) is 13.0. The molecule has 0 radical (unpaired) electrons. The molecule has 1 fully saturated rings. The predicted molar refractivity (Wildman–Crippen MR) is 104 cm³/mol. The van der Waals surface area contributed by atoms with Crippen molar-refractivity contribution in [2.24, 2.45) is 0 Å². The summed E-state index contributed by atoms with van der Waals surface area (Å²) in [6.45, 7) is 1.86. The van der Waals surface area contributed by atoms with E-state index in [1.165, 1.54) is 23.5 Å². The lowest BCUT2D eigenvalue weighted by atomic mass is 9.99. The summed E-state index contributed by atoms with van der Waals surface area (Å²) in [6.07, 6.45) is 2.20. The highest BCUT2D eigenvalue weighted by Gasteiger charge is 2.22. The first-order valence-corrected chi connectivity index (χ1v) is 9.52. The highest BCUT2D eigenvalue weighted by molar-refractivity contribution is 7.20. The van der Waals surface area contributed by atoms with Crippen molar-refractivity contribution in [3.05, 3.63) is 65.7 Å². The Hall–Kier alpha value is -2.73. The van der Waals surface area contributed by atoms with E-state index in [9.17, 15) is 18.7 Å². The van der Waals surface area contributed by atoms with Gasteiger partial charge in [-0.25, -0.2) is 13.6 Å². The Bertz CT molecular complexity index is 989. The summed E-state index contributed by atoms with van der Waals surface area (Å²) in [5.74, 6) is -2.34. The zero-order valence-corrected chi connectivity index (χ0v) is 15.2. The molecular formula is C21H17F2NO2S. The summed E-state index contributed by atoms with van der Waals surface area (Å²) in [6, 6.07) is 12.0. The van der Waals surface area contributed by atoms with Crippen molar-refractivity contribution in [3.63, 3.8) is 0 Å². The molecule has 0 unspecified atom stereocenters. The molecule has 2 aromatic carbocycles. The van der Waals surface area contributed by atoms with Crippen LogP contribution < -0.4 is 4.90 Å². The minimum atomic E-state index is -1.03. The number of carboxylic acids is 1. The summed E-state index contributed by atoms with van der Waals surface area (Å²) in [5.41, 5.74) is 1.78. The number of carbonyl (C=O) groups is 1. The van der Waals surface area contributed by atoms with E-state index < -0.39 is 17.6 Å². The molecule has 3 aromatic rings. The van der Waals surface area contributed by atoms with Crippen molar-refractivity contribution in [3.8, 4) is 21.6 Å². The van der Waals surface area contributed by atoms with Crippen LogP contribution in [0.25, 0.3) is 21.6 Å². The number of halogens is 2. The predicted octanol–water partition coefficient (Wildman–Crippen LogP) is 5.66. The Morgan fingerprint density at radius 3 is 2.30 bits per heavy atom. The molecule has 0 spiro atoms. The van der Waals surface area contributed by atoms with Crippen LogP contribution in [0, 0.1) is 11.6 Å². The van der Waals surface area contributed by atoms with E-state index in [1.807, 2.05) is 6.07 Å². The van der Waals surface area contributed by atoms with Crippen LogP contribution in [0.3, 0.4) is 0 Å². The van der Waals surface area contributed by atoms with Gasteiger partial charge in [0.25, 0.3) is 0 Å². The molecule has 1 aliphatic heterocycles. The molecule has 4 rings (SSSR count). The summed E-state index contributed by atoms with van der Waals surface area (Å²) < 4.78 is 27.6. The van der Waals surface area contributed by atoms with E-state index in [2.05, 4.69) is 4.90 Å². The van der Waals surface area contributed by atoms with Crippen LogP contribution >= 0.6 is 11.3 Å². The van der Waals surface area contributed by atoms with Crippen LogP contribution in [0.1, 0.15) is 23.2 Å². The molecular weight excluding hydrogens is 368 g/mol. The number of thiophene rings is 1. The van der Waals surface area contributed by atoms with Gasteiger partial charge in [-0.15, -0.1) is 11.3 Å². The van der Waals surface area contributed by atoms with Gasteiger partial charge >= 0.3 is 5.97 Å². The lowest BCUT2D eigenvalue weighted by Crippen LogP contribution is -2.15. The molecule has 3 nitrogen and oxygen atoms in total. The van der Waals surface area contributed by atoms with Gasteiger partial charge in [0.1, 0.15) is 11.6 Å². The van der Waals surface area contributed by atoms with E-state index in [0.717, 1.165) is 37.0 Å². The van der Waals surface area contributed by atoms with Gasteiger partial charge in [0.05, 0.1) is 10.6 Å². The molecule has 6 heteroatoms. The van der Waals surface area contributed by atoms with Gasteiger partial charge < -0.3 is 10.0 Å². The van der Waals surface area contributed by atoms with Crippen LogP contribution in [-0.4, -0.2) is 24.2 Å². The van der Waals surface area contributed by atoms with Gasteiger partial charge in [-0.05, 0) is 42.7 Å². The molecule has 0 amide bonds. The summed E-state index contributed by atoms with van der Waals surface area (Å²) in [5, 5.41) is 10.6. The quantitative estimate of drug-likeness (QED) is 0.630. The molecule has 138 valence electrons. The fourth-order valence-electron chi connectivity index (χ4n) is 3.46. The summed E-state index contributed by atoms with van der Waals surface area (Å²) in [7, 11) is 0. The van der Waals surface area contributed by atoms with E-state index in [4.69, 9.17) is 0 Å². The van der Waals surface area contributed by atoms with Crippen LogP contribution in [0.2, 0.25) is 0 Å². The number of hydrogen-bond donors (Lipinski definition) is 1.